The molecule has 0 radical (unpaired) electrons. The van der Waals surface area contributed by atoms with Crippen molar-refractivity contribution in [3.8, 4) is 22.6 Å². The van der Waals surface area contributed by atoms with Crippen LogP contribution in [0, 0.1) is 0 Å². The van der Waals surface area contributed by atoms with E-state index < -0.39 is 0 Å². The summed E-state index contributed by atoms with van der Waals surface area (Å²) in [5.74, 6) is 1.42. The highest BCUT2D eigenvalue weighted by atomic mass is 35.5. The Morgan fingerprint density at radius 1 is 0.833 bits per heavy atom. The predicted octanol–water partition coefficient (Wildman–Crippen LogP) is 4.68. The van der Waals surface area contributed by atoms with Crippen molar-refractivity contribution in [3.05, 3.63) is 46.4 Å². The van der Waals surface area contributed by atoms with Crippen molar-refractivity contribution in [2.75, 3.05) is 14.2 Å². The number of ether oxygens (including phenoxy) is 2. The van der Waals surface area contributed by atoms with E-state index in [0.29, 0.717) is 15.8 Å². The maximum atomic E-state index is 6.21. The van der Waals surface area contributed by atoms with Gasteiger partial charge in [-0.25, -0.2) is 0 Å². The third kappa shape index (κ3) is 2.55. The topological polar surface area (TPSA) is 18.5 Å². The van der Waals surface area contributed by atoms with Crippen molar-refractivity contribution < 1.29 is 9.47 Å². The smallest absolute Gasteiger partial charge is 0.128 e. The molecule has 0 amide bonds. The molecule has 0 aromatic heterocycles. The number of benzene rings is 2. The van der Waals surface area contributed by atoms with Gasteiger partial charge in [0.15, 0.2) is 0 Å². The SMILES string of the molecule is COc1ccc(Cl)c(-c2ccc(Cl)cc2OC)c1. The van der Waals surface area contributed by atoms with Crippen molar-refractivity contribution in [2.45, 2.75) is 0 Å². The molecule has 2 aromatic carbocycles. The van der Waals surface area contributed by atoms with E-state index in [1.54, 1.807) is 32.4 Å². The Morgan fingerprint density at radius 2 is 1.61 bits per heavy atom. The fourth-order valence-corrected chi connectivity index (χ4v) is 2.11. The molecule has 0 aliphatic heterocycles. The van der Waals surface area contributed by atoms with Gasteiger partial charge in [0.1, 0.15) is 11.5 Å². The van der Waals surface area contributed by atoms with Crippen LogP contribution in [0.25, 0.3) is 11.1 Å². The van der Waals surface area contributed by atoms with Crippen LogP contribution >= 0.6 is 23.2 Å². The lowest BCUT2D eigenvalue weighted by atomic mass is 10.0. The van der Waals surface area contributed by atoms with Gasteiger partial charge in [0.2, 0.25) is 0 Å². The van der Waals surface area contributed by atoms with Gasteiger partial charge in [-0.15, -0.1) is 0 Å². The molecule has 0 aliphatic carbocycles. The van der Waals surface area contributed by atoms with E-state index in [9.17, 15) is 0 Å². The first-order chi connectivity index (χ1) is 8.65. The van der Waals surface area contributed by atoms with Crippen molar-refractivity contribution >= 4 is 23.2 Å². The zero-order chi connectivity index (χ0) is 13.1. The number of methoxy groups -OCH3 is 2. The third-order valence-electron chi connectivity index (χ3n) is 2.63. The Morgan fingerprint density at radius 3 is 2.28 bits per heavy atom. The molecule has 0 fully saturated rings. The summed E-state index contributed by atoms with van der Waals surface area (Å²) in [4.78, 5) is 0. The highest BCUT2D eigenvalue weighted by molar-refractivity contribution is 6.33. The van der Waals surface area contributed by atoms with Crippen molar-refractivity contribution in [2.24, 2.45) is 0 Å². The second-order valence-electron chi connectivity index (χ2n) is 3.69. The molecule has 0 N–H and O–H groups in total. The highest BCUT2D eigenvalue weighted by Gasteiger charge is 2.11. The third-order valence-corrected chi connectivity index (χ3v) is 3.19. The number of rotatable bonds is 3. The Balaban J connectivity index is 2.60. The summed E-state index contributed by atoms with van der Waals surface area (Å²) in [5, 5.41) is 1.26. The standard InChI is InChI=1S/C14H12Cl2O2/c1-17-10-4-6-13(16)12(8-10)11-5-3-9(15)7-14(11)18-2/h3-8H,1-2H3. The van der Waals surface area contributed by atoms with Gasteiger partial charge >= 0.3 is 0 Å². The van der Waals surface area contributed by atoms with Gasteiger partial charge in [-0.05, 0) is 36.4 Å². The Labute approximate surface area is 116 Å². The van der Waals surface area contributed by atoms with Crippen molar-refractivity contribution in [1.82, 2.24) is 0 Å². The van der Waals surface area contributed by atoms with Gasteiger partial charge in [0.05, 0.1) is 14.2 Å². The van der Waals surface area contributed by atoms with E-state index in [1.165, 1.54) is 0 Å². The average molecular weight is 283 g/mol. The molecular weight excluding hydrogens is 271 g/mol. The maximum Gasteiger partial charge on any atom is 0.128 e. The van der Waals surface area contributed by atoms with Gasteiger partial charge in [-0.3, -0.25) is 0 Å². The molecule has 0 atom stereocenters. The Kier molecular flexibility index (Phi) is 4.00. The molecule has 0 bridgehead atoms. The molecule has 4 heteroatoms. The summed E-state index contributed by atoms with van der Waals surface area (Å²) in [6.45, 7) is 0. The summed E-state index contributed by atoms with van der Waals surface area (Å²) >= 11 is 12.2. The molecule has 18 heavy (non-hydrogen) atoms. The van der Waals surface area contributed by atoms with Crippen LogP contribution in [0.1, 0.15) is 0 Å². The summed E-state index contributed by atoms with van der Waals surface area (Å²) in [6.07, 6.45) is 0. The van der Waals surface area contributed by atoms with Gasteiger partial charge in [0.25, 0.3) is 0 Å². The molecule has 0 heterocycles. The second kappa shape index (κ2) is 5.51. The zero-order valence-corrected chi connectivity index (χ0v) is 11.5. The first-order valence-corrected chi connectivity index (χ1v) is 6.08. The lowest BCUT2D eigenvalue weighted by Crippen LogP contribution is -1.90. The number of hydrogen-bond donors (Lipinski definition) is 0. The quantitative estimate of drug-likeness (QED) is 0.814. The summed E-state index contributed by atoms with van der Waals surface area (Å²) in [7, 11) is 3.22. The molecule has 0 spiro atoms. The largest absolute Gasteiger partial charge is 0.497 e. The van der Waals surface area contributed by atoms with Gasteiger partial charge < -0.3 is 9.47 Å². The van der Waals surface area contributed by atoms with Crippen molar-refractivity contribution in [3.63, 3.8) is 0 Å². The van der Waals surface area contributed by atoms with E-state index in [0.717, 1.165) is 16.9 Å². The monoisotopic (exact) mass is 282 g/mol. The normalized spacial score (nSPS) is 10.2. The fourth-order valence-electron chi connectivity index (χ4n) is 1.73. The minimum atomic E-state index is 0.620. The summed E-state index contributed by atoms with van der Waals surface area (Å²) < 4.78 is 10.5. The minimum absolute atomic E-state index is 0.620. The lowest BCUT2D eigenvalue weighted by Gasteiger charge is -2.11. The van der Waals surface area contributed by atoms with E-state index in [1.807, 2.05) is 18.2 Å². The first kappa shape index (κ1) is 13.1. The molecule has 2 rings (SSSR count). The van der Waals surface area contributed by atoms with Crippen LogP contribution in [0.5, 0.6) is 11.5 Å². The summed E-state index contributed by atoms with van der Waals surface area (Å²) in [6, 6.07) is 10.9. The first-order valence-electron chi connectivity index (χ1n) is 5.33. The molecule has 2 nitrogen and oxygen atoms in total. The molecule has 2 aromatic rings. The lowest BCUT2D eigenvalue weighted by molar-refractivity contribution is 0.413. The van der Waals surface area contributed by atoms with E-state index >= 15 is 0 Å². The predicted molar refractivity (Wildman–Crippen MR) is 75.0 cm³/mol. The van der Waals surface area contributed by atoms with Crippen LogP contribution in [0.3, 0.4) is 0 Å². The van der Waals surface area contributed by atoms with Crippen LogP contribution in [0.4, 0.5) is 0 Å². The number of hydrogen-bond acceptors (Lipinski definition) is 2. The minimum Gasteiger partial charge on any atom is -0.497 e. The van der Waals surface area contributed by atoms with E-state index in [-0.39, 0.29) is 0 Å². The maximum absolute atomic E-state index is 6.21. The molecule has 94 valence electrons. The number of halogens is 2. The average Bonchev–Trinajstić information content (AvgIpc) is 2.39. The fraction of sp³-hybridized carbons (Fsp3) is 0.143. The molecule has 0 saturated carbocycles. The summed E-state index contributed by atoms with van der Waals surface area (Å²) in [5.41, 5.74) is 1.73. The van der Waals surface area contributed by atoms with Crippen LogP contribution in [0.2, 0.25) is 10.0 Å². The van der Waals surface area contributed by atoms with Crippen LogP contribution in [-0.4, -0.2) is 14.2 Å². The van der Waals surface area contributed by atoms with E-state index in [2.05, 4.69) is 0 Å². The Hall–Kier alpha value is -1.38. The molecule has 0 saturated heterocycles. The van der Waals surface area contributed by atoms with Crippen LogP contribution < -0.4 is 9.47 Å². The van der Waals surface area contributed by atoms with Gasteiger partial charge in [0, 0.05) is 21.2 Å². The second-order valence-corrected chi connectivity index (χ2v) is 4.53. The molecule has 0 aliphatic rings. The van der Waals surface area contributed by atoms with Gasteiger partial charge in [-0.2, -0.15) is 0 Å². The van der Waals surface area contributed by atoms with E-state index in [4.69, 9.17) is 32.7 Å². The van der Waals surface area contributed by atoms with Crippen LogP contribution in [-0.2, 0) is 0 Å². The molecule has 0 unspecified atom stereocenters. The highest BCUT2D eigenvalue weighted by Crippen LogP contribution is 2.38. The van der Waals surface area contributed by atoms with Gasteiger partial charge in [-0.1, -0.05) is 23.2 Å². The zero-order valence-electron chi connectivity index (χ0n) is 10.0. The van der Waals surface area contributed by atoms with Crippen molar-refractivity contribution in [1.29, 1.82) is 0 Å². The Bertz CT molecular complexity index is 568. The molecular formula is C14H12Cl2O2. The van der Waals surface area contributed by atoms with Crippen LogP contribution in [0.15, 0.2) is 36.4 Å².